The molecule has 2 aromatic carbocycles. The Kier molecular flexibility index (Phi) is 7.06. The number of carbonyl (C=O) groups excluding carboxylic acids is 1. The van der Waals surface area contributed by atoms with E-state index in [4.69, 9.17) is 14.2 Å². The fourth-order valence-corrected chi connectivity index (χ4v) is 5.04. The molecule has 34 heavy (non-hydrogen) atoms. The minimum atomic E-state index is 0.0282. The fourth-order valence-electron chi connectivity index (χ4n) is 5.04. The van der Waals surface area contributed by atoms with Crippen LogP contribution in [0, 0.1) is 0 Å². The van der Waals surface area contributed by atoms with Gasteiger partial charge >= 0.3 is 6.03 Å². The van der Waals surface area contributed by atoms with E-state index in [9.17, 15) is 4.79 Å². The number of fused-ring (bicyclic) bond motifs is 1. The molecule has 2 saturated heterocycles. The number of hydrogen-bond acceptors (Lipinski definition) is 6. The van der Waals surface area contributed by atoms with Gasteiger partial charge in [0.25, 0.3) is 0 Å². The normalized spacial score (nSPS) is 19.3. The number of amides is 2. The predicted molar refractivity (Wildman–Crippen MR) is 129 cm³/mol. The van der Waals surface area contributed by atoms with Crippen molar-refractivity contribution < 1.29 is 19.0 Å². The Hall–Kier alpha value is -2.97. The highest BCUT2D eigenvalue weighted by atomic mass is 16.7. The maximum Gasteiger partial charge on any atom is 0.317 e. The van der Waals surface area contributed by atoms with Crippen LogP contribution in [-0.4, -0.2) is 80.4 Å². The van der Waals surface area contributed by atoms with E-state index in [1.807, 2.05) is 23.1 Å². The van der Waals surface area contributed by atoms with Crippen molar-refractivity contribution in [3.8, 4) is 17.2 Å². The summed E-state index contributed by atoms with van der Waals surface area (Å²) < 4.78 is 16.2. The Labute approximate surface area is 201 Å². The fraction of sp³-hybridized carbons (Fsp3) is 0.500. The molecule has 3 aliphatic heterocycles. The lowest BCUT2D eigenvalue weighted by Crippen LogP contribution is -2.52. The SMILES string of the molecule is COc1ccc([C@H](CNC(=O)N2CCN(Cc3ccc4c(c3)OCO4)CC2)N2CCCC2)cc1. The molecule has 0 bridgehead atoms. The highest BCUT2D eigenvalue weighted by Crippen LogP contribution is 2.33. The van der Waals surface area contributed by atoms with Crippen molar-refractivity contribution in [2.24, 2.45) is 0 Å². The van der Waals surface area contributed by atoms with Gasteiger partial charge in [-0.05, 0) is 61.3 Å². The second-order valence-electron chi connectivity index (χ2n) is 9.17. The molecule has 2 fully saturated rings. The number of benzene rings is 2. The molecule has 0 unspecified atom stereocenters. The summed E-state index contributed by atoms with van der Waals surface area (Å²) in [6.45, 7) is 7.08. The summed E-state index contributed by atoms with van der Waals surface area (Å²) in [5.41, 5.74) is 2.42. The zero-order valence-corrected chi connectivity index (χ0v) is 19.9. The number of carbonyl (C=O) groups is 1. The van der Waals surface area contributed by atoms with Gasteiger partial charge in [0.05, 0.1) is 13.2 Å². The molecule has 1 atom stereocenters. The quantitative estimate of drug-likeness (QED) is 0.677. The Morgan fingerprint density at radius 2 is 1.71 bits per heavy atom. The lowest BCUT2D eigenvalue weighted by Gasteiger charge is -2.35. The number of ether oxygens (including phenoxy) is 3. The van der Waals surface area contributed by atoms with Crippen LogP contribution in [0.4, 0.5) is 4.79 Å². The van der Waals surface area contributed by atoms with E-state index in [1.165, 1.54) is 24.0 Å². The van der Waals surface area contributed by atoms with Crippen LogP contribution in [0.1, 0.15) is 30.0 Å². The Morgan fingerprint density at radius 3 is 2.44 bits per heavy atom. The smallest absolute Gasteiger partial charge is 0.317 e. The molecule has 182 valence electrons. The molecule has 0 saturated carbocycles. The number of methoxy groups -OCH3 is 1. The van der Waals surface area contributed by atoms with Gasteiger partial charge in [-0.3, -0.25) is 9.80 Å². The Balaban J connectivity index is 1.12. The van der Waals surface area contributed by atoms with Crippen LogP contribution in [0.5, 0.6) is 17.2 Å². The van der Waals surface area contributed by atoms with Gasteiger partial charge in [-0.1, -0.05) is 18.2 Å². The van der Waals surface area contributed by atoms with Crippen LogP contribution >= 0.6 is 0 Å². The molecule has 0 spiro atoms. The molecule has 0 aliphatic carbocycles. The number of nitrogens with zero attached hydrogens (tertiary/aromatic N) is 3. The first kappa shape index (κ1) is 22.8. The number of urea groups is 1. The lowest BCUT2D eigenvalue weighted by molar-refractivity contribution is 0.132. The van der Waals surface area contributed by atoms with E-state index in [2.05, 4.69) is 39.4 Å². The lowest BCUT2D eigenvalue weighted by atomic mass is 10.1. The van der Waals surface area contributed by atoms with E-state index in [0.29, 0.717) is 13.3 Å². The van der Waals surface area contributed by atoms with Gasteiger partial charge in [0.2, 0.25) is 6.79 Å². The summed E-state index contributed by atoms with van der Waals surface area (Å²) in [4.78, 5) is 19.8. The number of rotatable bonds is 7. The van der Waals surface area contributed by atoms with Crippen LogP contribution in [0.3, 0.4) is 0 Å². The molecule has 2 aromatic rings. The zero-order valence-electron chi connectivity index (χ0n) is 19.9. The molecule has 8 heteroatoms. The van der Waals surface area contributed by atoms with Gasteiger partial charge < -0.3 is 24.4 Å². The molecule has 0 aromatic heterocycles. The second kappa shape index (κ2) is 10.5. The first-order valence-corrected chi connectivity index (χ1v) is 12.2. The van der Waals surface area contributed by atoms with Crippen molar-refractivity contribution in [3.63, 3.8) is 0 Å². The van der Waals surface area contributed by atoms with Gasteiger partial charge in [0.15, 0.2) is 11.5 Å². The molecule has 3 heterocycles. The Bertz CT molecular complexity index is 969. The van der Waals surface area contributed by atoms with Crippen LogP contribution in [-0.2, 0) is 6.54 Å². The minimum absolute atomic E-state index is 0.0282. The third-order valence-corrected chi connectivity index (χ3v) is 7.03. The number of likely N-dealkylation sites (tertiary alicyclic amines) is 1. The minimum Gasteiger partial charge on any atom is -0.497 e. The molecule has 1 N–H and O–H groups in total. The third-order valence-electron chi connectivity index (χ3n) is 7.03. The largest absolute Gasteiger partial charge is 0.497 e. The topological polar surface area (TPSA) is 66.5 Å². The second-order valence-corrected chi connectivity index (χ2v) is 9.17. The predicted octanol–water partition coefficient (Wildman–Crippen LogP) is 3.09. The molecular formula is C26H34N4O4. The van der Waals surface area contributed by atoms with Gasteiger partial charge in [0, 0.05) is 39.3 Å². The standard InChI is InChI=1S/C26H34N4O4/c1-32-22-7-5-21(6-8-22)23(29-10-2-3-11-29)17-27-26(31)30-14-12-28(13-15-30)18-20-4-9-24-25(16-20)34-19-33-24/h4-9,16,23H,2-3,10-15,17-19H2,1H3,(H,27,31)/t23-/m0/s1. The highest BCUT2D eigenvalue weighted by molar-refractivity contribution is 5.74. The van der Waals surface area contributed by atoms with E-state index in [0.717, 1.165) is 63.1 Å². The monoisotopic (exact) mass is 466 g/mol. The molecule has 5 rings (SSSR count). The van der Waals surface area contributed by atoms with Crippen molar-refractivity contribution >= 4 is 6.03 Å². The van der Waals surface area contributed by atoms with Gasteiger partial charge in [0.1, 0.15) is 5.75 Å². The number of piperazine rings is 1. The summed E-state index contributed by atoms with van der Waals surface area (Å²) in [7, 11) is 1.68. The number of hydrogen-bond donors (Lipinski definition) is 1. The van der Waals surface area contributed by atoms with Crippen LogP contribution < -0.4 is 19.5 Å². The van der Waals surface area contributed by atoms with E-state index < -0.39 is 0 Å². The average Bonchev–Trinajstić information content (AvgIpc) is 3.57. The summed E-state index contributed by atoms with van der Waals surface area (Å²) >= 11 is 0. The highest BCUT2D eigenvalue weighted by Gasteiger charge is 2.26. The van der Waals surface area contributed by atoms with Gasteiger partial charge in [-0.2, -0.15) is 0 Å². The third kappa shape index (κ3) is 5.23. The first-order valence-electron chi connectivity index (χ1n) is 12.2. The zero-order chi connectivity index (χ0) is 23.3. The van der Waals surface area contributed by atoms with Crippen molar-refractivity contribution in [1.29, 1.82) is 0 Å². The first-order chi connectivity index (χ1) is 16.7. The van der Waals surface area contributed by atoms with E-state index >= 15 is 0 Å². The van der Waals surface area contributed by atoms with Crippen molar-refractivity contribution in [1.82, 2.24) is 20.0 Å². The summed E-state index contributed by atoms with van der Waals surface area (Å²) in [6, 6.07) is 14.6. The molecular weight excluding hydrogens is 432 g/mol. The maximum absolute atomic E-state index is 13.0. The summed E-state index contributed by atoms with van der Waals surface area (Å²) in [6.07, 6.45) is 2.43. The Morgan fingerprint density at radius 1 is 0.971 bits per heavy atom. The van der Waals surface area contributed by atoms with Crippen molar-refractivity contribution in [2.75, 3.05) is 59.7 Å². The van der Waals surface area contributed by atoms with Crippen molar-refractivity contribution in [2.45, 2.75) is 25.4 Å². The number of nitrogens with one attached hydrogen (secondary N) is 1. The summed E-state index contributed by atoms with van der Waals surface area (Å²) in [5.74, 6) is 2.48. The van der Waals surface area contributed by atoms with Crippen molar-refractivity contribution in [3.05, 3.63) is 53.6 Å². The molecule has 3 aliphatic rings. The molecule has 2 amide bonds. The van der Waals surface area contributed by atoms with Crippen LogP contribution in [0.25, 0.3) is 0 Å². The van der Waals surface area contributed by atoms with Crippen LogP contribution in [0.2, 0.25) is 0 Å². The molecule has 8 nitrogen and oxygen atoms in total. The van der Waals surface area contributed by atoms with Gasteiger partial charge in [-0.15, -0.1) is 0 Å². The summed E-state index contributed by atoms with van der Waals surface area (Å²) in [5, 5.41) is 3.21. The molecule has 0 radical (unpaired) electrons. The van der Waals surface area contributed by atoms with Gasteiger partial charge in [-0.25, -0.2) is 4.79 Å². The van der Waals surface area contributed by atoms with E-state index in [1.54, 1.807) is 7.11 Å². The average molecular weight is 467 g/mol. The van der Waals surface area contributed by atoms with E-state index in [-0.39, 0.29) is 12.1 Å². The van der Waals surface area contributed by atoms with Crippen LogP contribution in [0.15, 0.2) is 42.5 Å². The maximum atomic E-state index is 13.0.